The lowest BCUT2D eigenvalue weighted by Crippen LogP contribution is -2.30. The molecule has 3 N–H and O–H groups in total. The van der Waals surface area contributed by atoms with Crippen molar-refractivity contribution >= 4 is 11.6 Å². The highest BCUT2D eigenvalue weighted by molar-refractivity contribution is 5.75. The third-order valence-corrected chi connectivity index (χ3v) is 3.00. The minimum absolute atomic E-state index is 0.0860. The van der Waals surface area contributed by atoms with Crippen molar-refractivity contribution < 1.29 is 9.21 Å². The summed E-state index contributed by atoms with van der Waals surface area (Å²) in [6, 6.07) is 3.71. The number of aryl methyl sites for hydroxylation is 1. The molecule has 2 aromatic heterocycles. The van der Waals surface area contributed by atoms with Crippen molar-refractivity contribution in [1.29, 1.82) is 0 Å². The summed E-state index contributed by atoms with van der Waals surface area (Å²) >= 11 is 0. The quantitative estimate of drug-likeness (QED) is 0.842. The summed E-state index contributed by atoms with van der Waals surface area (Å²) < 4.78 is 6.80. The summed E-state index contributed by atoms with van der Waals surface area (Å²) in [5.41, 5.74) is 8.03. The molecule has 2 rings (SSSR count). The molecular formula is C13H18N4O2. The second-order valence-corrected chi connectivity index (χ2v) is 4.42. The molecule has 0 radical (unpaired) electrons. The molecule has 1 amide bonds. The van der Waals surface area contributed by atoms with Gasteiger partial charge in [-0.15, -0.1) is 0 Å². The number of hydrogen-bond acceptors (Lipinski definition) is 4. The predicted octanol–water partition coefficient (Wildman–Crippen LogP) is 1.03. The molecule has 0 aliphatic heterocycles. The molecule has 0 bridgehead atoms. The van der Waals surface area contributed by atoms with Gasteiger partial charge in [-0.3, -0.25) is 9.48 Å². The van der Waals surface area contributed by atoms with Gasteiger partial charge in [-0.05, 0) is 26.0 Å². The van der Waals surface area contributed by atoms with Crippen LogP contribution in [0.15, 0.2) is 22.8 Å². The summed E-state index contributed by atoms with van der Waals surface area (Å²) in [5.74, 6) is 0.771. The fourth-order valence-corrected chi connectivity index (χ4v) is 1.84. The van der Waals surface area contributed by atoms with Gasteiger partial charge in [-0.2, -0.15) is 5.10 Å². The van der Waals surface area contributed by atoms with Crippen molar-refractivity contribution in [2.75, 3.05) is 12.3 Å². The molecule has 6 nitrogen and oxygen atoms in total. The van der Waals surface area contributed by atoms with Crippen LogP contribution in [0.3, 0.4) is 0 Å². The van der Waals surface area contributed by atoms with Crippen molar-refractivity contribution in [3.8, 4) is 0 Å². The van der Waals surface area contributed by atoms with Crippen molar-refractivity contribution in [2.24, 2.45) is 0 Å². The van der Waals surface area contributed by atoms with Crippen LogP contribution in [-0.4, -0.2) is 22.2 Å². The normalized spacial score (nSPS) is 10.6. The van der Waals surface area contributed by atoms with Crippen LogP contribution in [0.5, 0.6) is 0 Å². The zero-order valence-corrected chi connectivity index (χ0v) is 11.1. The summed E-state index contributed by atoms with van der Waals surface area (Å²) in [6.45, 7) is 4.41. The molecule has 0 aliphatic carbocycles. The molecule has 0 aromatic carbocycles. The first-order chi connectivity index (χ1) is 9.08. The molecule has 2 aromatic rings. The van der Waals surface area contributed by atoms with Crippen LogP contribution >= 0.6 is 0 Å². The van der Waals surface area contributed by atoms with Crippen molar-refractivity contribution in [2.45, 2.75) is 26.8 Å². The Balaban J connectivity index is 1.82. The second kappa shape index (κ2) is 5.60. The number of amides is 1. The van der Waals surface area contributed by atoms with Gasteiger partial charge >= 0.3 is 0 Å². The monoisotopic (exact) mass is 262 g/mol. The van der Waals surface area contributed by atoms with E-state index in [-0.39, 0.29) is 12.5 Å². The van der Waals surface area contributed by atoms with E-state index < -0.39 is 0 Å². The van der Waals surface area contributed by atoms with Crippen molar-refractivity contribution in [3.63, 3.8) is 0 Å². The zero-order chi connectivity index (χ0) is 13.8. The van der Waals surface area contributed by atoms with Gasteiger partial charge in [0, 0.05) is 13.0 Å². The number of furan rings is 1. The molecule has 2 heterocycles. The second-order valence-electron chi connectivity index (χ2n) is 4.42. The topological polar surface area (TPSA) is 86.1 Å². The molecule has 0 aliphatic rings. The molecule has 102 valence electrons. The van der Waals surface area contributed by atoms with Crippen molar-refractivity contribution in [3.05, 3.63) is 35.5 Å². The largest absolute Gasteiger partial charge is 0.469 e. The van der Waals surface area contributed by atoms with Crippen LogP contribution < -0.4 is 11.1 Å². The van der Waals surface area contributed by atoms with Gasteiger partial charge in [0.15, 0.2) is 0 Å². The number of hydrogen-bond donors (Lipinski definition) is 2. The Morgan fingerprint density at radius 1 is 1.53 bits per heavy atom. The molecule has 0 fully saturated rings. The first kappa shape index (κ1) is 13.2. The Hall–Kier alpha value is -2.24. The van der Waals surface area contributed by atoms with Gasteiger partial charge < -0.3 is 15.5 Å². The SMILES string of the molecule is Cc1nn(CC(=O)NCCc2ccco2)c(C)c1N. The number of nitrogens with zero attached hydrogens (tertiary/aromatic N) is 2. The minimum Gasteiger partial charge on any atom is -0.469 e. The Morgan fingerprint density at radius 2 is 2.32 bits per heavy atom. The lowest BCUT2D eigenvalue weighted by Gasteiger charge is -2.06. The molecular weight excluding hydrogens is 244 g/mol. The van der Waals surface area contributed by atoms with Crippen LogP contribution in [-0.2, 0) is 17.8 Å². The minimum atomic E-state index is -0.0860. The standard InChI is InChI=1S/C13H18N4O2/c1-9-13(14)10(2)17(16-9)8-12(18)15-6-5-11-4-3-7-19-11/h3-4,7H,5-6,8,14H2,1-2H3,(H,15,18). The van der Waals surface area contributed by atoms with E-state index >= 15 is 0 Å². The average molecular weight is 262 g/mol. The van der Waals surface area contributed by atoms with Gasteiger partial charge in [0.2, 0.25) is 5.91 Å². The summed E-state index contributed by atoms with van der Waals surface area (Å²) in [6.07, 6.45) is 2.30. The van der Waals surface area contributed by atoms with Gasteiger partial charge in [0.25, 0.3) is 0 Å². The van der Waals surface area contributed by atoms with E-state index in [4.69, 9.17) is 10.2 Å². The van der Waals surface area contributed by atoms with E-state index in [1.807, 2.05) is 26.0 Å². The van der Waals surface area contributed by atoms with Crippen LogP contribution in [0.4, 0.5) is 5.69 Å². The summed E-state index contributed by atoms with van der Waals surface area (Å²) in [4.78, 5) is 11.8. The third-order valence-electron chi connectivity index (χ3n) is 3.00. The lowest BCUT2D eigenvalue weighted by atomic mass is 10.3. The van der Waals surface area contributed by atoms with Gasteiger partial charge in [0.1, 0.15) is 12.3 Å². The maximum atomic E-state index is 11.8. The third kappa shape index (κ3) is 3.15. The smallest absolute Gasteiger partial charge is 0.241 e. The van der Waals surface area contributed by atoms with E-state index in [0.29, 0.717) is 18.7 Å². The zero-order valence-electron chi connectivity index (χ0n) is 11.1. The van der Waals surface area contributed by atoms with Crippen LogP contribution in [0.25, 0.3) is 0 Å². The lowest BCUT2D eigenvalue weighted by molar-refractivity contribution is -0.121. The molecule has 0 saturated heterocycles. The predicted molar refractivity (Wildman–Crippen MR) is 71.5 cm³/mol. The number of rotatable bonds is 5. The van der Waals surface area contributed by atoms with Crippen LogP contribution in [0, 0.1) is 13.8 Å². The van der Waals surface area contributed by atoms with Crippen LogP contribution in [0.2, 0.25) is 0 Å². The number of nitrogens with two attached hydrogens (primary N) is 1. The maximum absolute atomic E-state index is 11.8. The fourth-order valence-electron chi connectivity index (χ4n) is 1.84. The Kier molecular flexibility index (Phi) is 3.89. The highest BCUT2D eigenvalue weighted by Gasteiger charge is 2.11. The number of carbonyl (C=O) groups excluding carboxylic acids is 1. The number of carbonyl (C=O) groups is 1. The van der Waals surface area contributed by atoms with Crippen molar-refractivity contribution in [1.82, 2.24) is 15.1 Å². The van der Waals surface area contributed by atoms with Gasteiger partial charge in [-0.25, -0.2) is 0 Å². The number of nitrogens with one attached hydrogen (secondary N) is 1. The Labute approximate surface area is 111 Å². The van der Waals surface area contributed by atoms with Crippen LogP contribution in [0.1, 0.15) is 17.1 Å². The number of nitrogen functional groups attached to an aromatic ring is 1. The fraction of sp³-hybridized carbons (Fsp3) is 0.385. The van der Waals surface area contributed by atoms with E-state index in [1.54, 1.807) is 10.9 Å². The summed E-state index contributed by atoms with van der Waals surface area (Å²) in [7, 11) is 0. The molecule has 0 saturated carbocycles. The Morgan fingerprint density at radius 3 is 2.89 bits per heavy atom. The van der Waals surface area contributed by atoms with E-state index in [1.165, 1.54) is 0 Å². The average Bonchev–Trinajstić information content (AvgIpc) is 2.96. The maximum Gasteiger partial charge on any atom is 0.241 e. The van der Waals surface area contributed by atoms with E-state index in [2.05, 4.69) is 10.4 Å². The molecule has 19 heavy (non-hydrogen) atoms. The molecule has 0 spiro atoms. The highest BCUT2D eigenvalue weighted by Crippen LogP contribution is 2.14. The van der Waals surface area contributed by atoms with E-state index in [9.17, 15) is 4.79 Å². The first-order valence-electron chi connectivity index (χ1n) is 6.16. The van der Waals surface area contributed by atoms with Gasteiger partial charge in [-0.1, -0.05) is 0 Å². The summed E-state index contributed by atoms with van der Waals surface area (Å²) in [5, 5.41) is 7.04. The first-order valence-corrected chi connectivity index (χ1v) is 6.16. The van der Waals surface area contributed by atoms with E-state index in [0.717, 1.165) is 17.1 Å². The number of anilines is 1. The van der Waals surface area contributed by atoms with Gasteiger partial charge in [0.05, 0.1) is 23.3 Å². The highest BCUT2D eigenvalue weighted by atomic mass is 16.3. The molecule has 0 atom stereocenters. The number of aromatic nitrogens is 2. The molecule has 0 unspecified atom stereocenters. The molecule has 6 heteroatoms. The Bertz CT molecular complexity index is 557.